The Morgan fingerprint density at radius 3 is 2.75 bits per heavy atom. The molecular weight excluding hydrogens is 324 g/mol. The number of hydrogen-bond donors (Lipinski definition) is 0. The van der Waals surface area contributed by atoms with Gasteiger partial charge in [-0.1, -0.05) is 0 Å². The molecule has 0 aliphatic carbocycles. The summed E-state index contributed by atoms with van der Waals surface area (Å²) < 4.78 is 5.60. The Balaban J connectivity index is 1.62. The van der Waals surface area contributed by atoms with Gasteiger partial charge in [0, 0.05) is 23.7 Å². The highest BCUT2D eigenvalue weighted by molar-refractivity contribution is 7.09. The van der Waals surface area contributed by atoms with E-state index in [-0.39, 0.29) is 24.3 Å². The molecule has 0 bridgehead atoms. The molecule has 1 aromatic carbocycles. The molecule has 0 N–H and O–H groups in total. The van der Waals surface area contributed by atoms with E-state index in [1.165, 1.54) is 6.92 Å². The van der Waals surface area contributed by atoms with Crippen LogP contribution in [0.1, 0.15) is 47.6 Å². The number of ether oxygens (including phenoxy) is 1. The van der Waals surface area contributed by atoms with Crippen LogP contribution in [0.25, 0.3) is 0 Å². The molecule has 3 rings (SSSR count). The molecule has 1 aliphatic rings. The van der Waals surface area contributed by atoms with Gasteiger partial charge in [0.05, 0.1) is 6.04 Å². The first-order valence-corrected chi connectivity index (χ1v) is 8.96. The predicted octanol–water partition coefficient (Wildman–Crippen LogP) is 3.48. The zero-order valence-corrected chi connectivity index (χ0v) is 14.4. The Bertz CT molecular complexity index is 698. The molecule has 126 valence electrons. The van der Waals surface area contributed by atoms with E-state index < -0.39 is 0 Å². The van der Waals surface area contributed by atoms with Gasteiger partial charge < -0.3 is 9.64 Å². The minimum Gasteiger partial charge on any atom is -0.484 e. The van der Waals surface area contributed by atoms with Gasteiger partial charge in [-0.2, -0.15) is 0 Å². The van der Waals surface area contributed by atoms with Gasteiger partial charge in [-0.3, -0.25) is 9.59 Å². The molecule has 6 heteroatoms. The lowest BCUT2D eigenvalue weighted by atomic mass is 10.0. The van der Waals surface area contributed by atoms with Crippen molar-refractivity contribution in [1.82, 2.24) is 9.88 Å². The molecule has 2 heterocycles. The monoisotopic (exact) mass is 344 g/mol. The summed E-state index contributed by atoms with van der Waals surface area (Å²) >= 11 is 1.59. The van der Waals surface area contributed by atoms with Crippen molar-refractivity contribution in [3.8, 4) is 5.75 Å². The molecule has 1 unspecified atom stereocenters. The largest absolute Gasteiger partial charge is 0.484 e. The van der Waals surface area contributed by atoms with Gasteiger partial charge in [-0.15, -0.1) is 11.3 Å². The van der Waals surface area contributed by atoms with Gasteiger partial charge >= 0.3 is 0 Å². The normalized spacial score (nSPS) is 17.5. The maximum atomic E-state index is 12.6. The van der Waals surface area contributed by atoms with Gasteiger partial charge in [0.25, 0.3) is 5.91 Å². The van der Waals surface area contributed by atoms with Crippen LogP contribution in [-0.2, 0) is 4.79 Å². The lowest BCUT2D eigenvalue weighted by molar-refractivity contribution is -0.137. The molecule has 1 fully saturated rings. The van der Waals surface area contributed by atoms with E-state index >= 15 is 0 Å². The van der Waals surface area contributed by atoms with Crippen molar-refractivity contribution in [3.05, 3.63) is 46.4 Å². The van der Waals surface area contributed by atoms with Crippen LogP contribution in [0.3, 0.4) is 0 Å². The average molecular weight is 344 g/mol. The van der Waals surface area contributed by atoms with E-state index in [4.69, 9.17) is 4.74 Å². The predicted molar refractivity (Wildman–Crippen MR) is 92.4 cm³/mol. The van der Waals surface area contributed by atoms with Crippen LogP contribution < -0.4 is 4.74 Å². The number of hydrogen-bond acceptors (Lipinski definition) is 5. The first-order valence-electron chi connectivity index (χ1n) is 8.08. The van der Waals surface area contributed by atoms with Gasteiger partial charge in [0.15, 0.2) is 12.4 Å². The fraction of sp³-hybridized carbons (Fsp3) is 0.389. The minimum absolute atomic E-state index is 0.00128. The molecule has 1 aliphatic heterocycles. The number of thiazole rings is 1. The fourth-order valence-corrected chi connectivity index (χ4v) is 3.68. The number of aromatic nitrogens is 1. The summed E-state index contributed by atoms with van der Waals surface area (Å²) in [6.45, 7) is 2.27. The highest BCUT2D eigenvalue weighted by atomic mass is 32.1. The van der Waals surface area contributed by atoms with Crippen LogP contribution in [0.2, 0.25) is 0 Å². The van der Waals surface area contributed by atoms with Gasteiger partial charge in [-0.25, -0.2) is 4.98 Å². The number of benzene rings is 1. The Kier molecular flexibility index (Phi) is 5.25. The molecule has 2 aromatic rings. The van der Waals surface area contributed by atoms with E-state index in [2.05, 4.69) is 4.98 Å². The smallest absolute Gasteiger partial charge is 0.261 e. The first kappa shape index (κ1) is 16.6. The summed E-state index contributed by atoms with van der Waals surface area (Å²) in [6.07, 6.45) is 4.86. The first-order chi connectivity index (χ1) is 11.6. The minimum atomic E-state index is -0.0226. The van der Waals surface area contributed by atoms with Gasteiger partial charge in [0.1, 0.15) is 10.8 Å². The number of ketones is 1. The molecule has 0 radical (unpaired) electrons. The maximum Gasteiger partial charge on any atom is 0.261 e. The van der Waals surface area contributed by atoms with Crippen molar-refractivity contribution in [2.24, 2.45) is 0 Å². The fourth-order valence-electron chi connectivity index (χ4n) is 2.90. The third-order valence-electron chi connectivity index (χ3n) is 4.18. The SMILES string of the molecule is CC(=O)c1ccc(OCC(=O)N2CCCCC2c2nccs2)cc1. The Hall–Kier alpha value is -2.21. The third kappa shape index (κ3) is 3.82. The topological polar surface area (TPSA) is 59.5 Å². The number of carbonyl (C=O) groups excluding carboxylic acids is 2. The number of nitrogens with zero attached hydrogens (tertiary/aromatic N) is 2. The Labute approximate surface area is 145 Å². The van der Waals surface area contributed by atoms with Gasteiger partial charge in [0.2, 0.25) is 0 Å². The standard InChI is InChI=1S/C18H20N2O3S/c1-13(21)14-5-7-15(8-6-14)23-12-17(22)20-10-3-2-4-16(20)18-19-9-11-24-18/h5-9,11,16H,2-4,10,12H2,1H3. The van der Waals surface area contributed by atoms with Gasteiger partial charge in [-0.05, 0) is 50.5 Å². The highest BCUT2D eigenvalue weighted by Gasteiger charge is 2.29. The van der Waals surface area contributed by atoms with E-state index in [1.807, 2.05) is 10.3 Å². The van der Waals surface area contributed by atoms with Crippen LogP contribution >= 0.6 is 11.3 Å². The molecule has 5 nitrogen and oxygen atoms in total. The second-order valence-corrected chi connectivity index (χ2v) is 6.76. The number of rotatable bonds is 5. The van der Waals surface area contributed by atoms with E-state index in [1.54, 1.807) is 41.8 Å². The van der Waals surface area contributed by atoms with Crippen LogP contribution in [-0.4, -0.2) is 34.7 Å². The summed E-state index contributed by atoms with van der Waals surface area (Å²) in [5.41, 5.74) is 0.633. The molecule has 0 saturated carbocycles. The number of Topliss-reactive ketones (excluding diaryl/α,β-unsaturated/α-hetero) is 1. The van der Waals surface area contributed by atoms with Crippen LogP contribution in [0.5, 0.6) is 5.75 Å². The summed E-state index contributed by atoms with van der Waals surface area (Å²) in [7, 11) is 0. The average Bonchev–Trinajstić information content (AvgIpc) is 3.14. The lowest BCUT2D eigenvalue weighted by Gasteiger charge is -2.34. The summed E-state index contributed by atoms with van der Waals surface area (Å²) in [6, 6.07) is 6.93. The van der Waals surface area contributed by atoms with Crippen LogP contribution in [0.4, 0.5) is 0 Å². The van der Waals surface area contributed by atoms with Crippen LogP contribution in [0, 0.1) is 0 Å². The third-order valence-corrected chi connectivity index (χ3v) is 5.06. The number of piperidine rings is 1. The molecule has 0 spiro atoms. The zero-order valence-electron chi connectivity index (χ0n) is 13.6. The summed E-state index contributed by atoms with van der Waals surface area (Å²) in [4.78, 5) is 30.1. The molecular formula is C18H20N2O3S. The van der Waals surface area contributed by atoms with E-state index in [0.717, 1.165) is 30.8 Å². The number of amides is 1. The lowest BCUT2D eigenvalue weighted by Crippen LogP contribution is -2.41. The van der Waals surface area contributed by atoms with Crippen molar-refractivity contribution < 1.29 is 14.3 Å². The Morgan fingerprint density at radius 1 is 1.29 bits per heavy atom. The quantitative estimate of drug-likeness (QED) is 0.779. The van der Waals surface area contributed by atoms with Crippen molar-refractivity contribution >= 4 is 23.0 Å². The zero-order chi connectivity index (χ0) is 16.9. The van der Waals surface area contributed by atoms with Crippen LogP contribution in [0.15, 0.2) is 35.8 Å². The summed E-state index contributed by atoms with van der Waals surface area (Å²) in [5.74, 6) is 0.582. The molecule has 1 aromatic heterocycles. The highest BCUT2D eigenvalue weighted by Crippen LogP contribution is 2.32. The van der Waals surface area contributed by atoms with Crippen molar-refractivity contribution in [3.63, 3.8) is 0 Å². The summed E-state index contributed by atoms with van der Waals surface area (Å²) in [5, 5.41) is 2.94. The molecule has 24 heavy (non-hydrogen) atoms. The maximum absolute atomic E-state index is 12.6. The van der Waals surface area contributed by atoms with Crippen molar-refractivity contribution in [2.75, 3.05) is 13.2 Å². The van der Waals surface area contributed by atoms with E-state index in [9.17, 15) is 9.59 Å². The van der Waals surface area contributed by atoms with Crippen molar-refractivity contribution in [2.45, 2.75) is 32.2 Å². The molecule has 1 atom stereocenters. The number of carbonyl (C=O) groups is 2. The number of likely N-dealkylation sites (tertiary alicyclic amines) is 1. The van der Waals surface area contributed by atoms with Crippen molar-refractivity contribution in [1.29, 1.82) is 0 Å². The molecule has 1 amide bonds. The second kappa shape index (κ2) is 7.57. The molecule has 1 saturated heterocycles. The second-order valence-electron chi connectivity index (χ2n) is 5.84. The van der Waals surface area contributed by atoms with E-state index in [0.29, 0.717) is 11.3 Å². The Morgan fingerprint density at radius 2 is 2.08 bits per heavy atom.